The van der Waals surface area contributed by atoms with Gasteiger partial charge in [0.15, 0.2) is 0 Å². The second-order valence-electron chi connectivity index (χ2n) is 11.4. The molecule has 1 N–H and O–H groups in total. The maximum Gasteiger partial charge on any atom is 0.0628 e. The quantitative estimate of drug-likeness (QED) is 0.259. The Morgan fingerprint density at radius 1 is 0.841 bits per heavy atom. The van der Waals surface area contributed by atoms with Gasteiger partial charge in [-0.2, -0.15) is 0 Å². The average molecular weight is 613 g/mol. The summed E-state index contributed by atoms with van der Waals surface area (Å²) in [5, 5.41) is 4.25. The minimum absolute atomic E-state index is 0.702. The van der Waals surface area contributed by atoms with Crippen molar-refractivity contribution in [1.29, 1.82) is 0 Å². The molecule has 0 aliphatic carbocycles. The normalized spacial score (nSPS) is 14.3. The summed E-state index contributed by atoms with van der Waals surface area (Å²) in [6.07, 6.45) is 5.16. The number of halogens is 1. The fraction of sp³-hybridized carbons (Fsp3) is 0.385. The number of piperazine rings is 1. The third kappa shape index (κ3) is 9.69. The fourth-order valence-electron chi connectivity index (χ4n) is 5.60. The lowest BCUT2D eigenvalue weighted by atomic mass is 10.1. The molecule has 2 aliphatic heterocycles. The van der Waals surface area contributed by atoms with Gasteiger partial charge in [-0.25, -0.2) is 0 Å². The minimum atomic E-state index is 0.702. The molecule has 0 atom stereocenters. The van der Waals surface area contributed by atoms with Crippen LogP contribution in [0.4, 0.5) is 17.1 Å². The van der Waals surface area contributed by atoms with Gasteiger partial charge in [-0.05, 0) is 80.1 Å². The van der Waals surface area contributed by atoms with Crippen molar-refractivity contribution in [2.75, 3.05) is 54.4 Å². The number of rotatable bonds is 9. The zero-order chi connectivity index (χ0) is 32.1. The number of para-hydroxylation sites is 1. The zero-order valence-corrected chi connectivity index (χ0v) is 28.5. The van der Waals surface area contributed by atoms with E-state index in [0.717, 1.165) is 54.3 Å². The number of hydrogen-bond acceptors (Lipinski definition) is 4. The van der Waals surface area contributed by atoms with Gasteiger partial charge in [0.2, 0.25) is 0 Å². The SMILES string of the molecule is C=C(C)c1ccc(N2CCN(c3ccccc3C)CC2)c(NC(=C)c2cccc(Cl)c2)c1.C=C1CCCN1CCCC.CC. The van der Waals surface area contributed by atoms with Gasteiger partial charge in [0.05, 0.1) is 11.4 Å². The Morgan fingerprint density at radius 2 is 1.52 bits per heavy atom. The Morgan fingerprint density at radius 3 is 2.11 bits per heavy atom. The Hall–Kier alpha value is -3.63. The van der Waals surface area contributed by atoms with Gasteiger partial charge >= 0.3 is 0 Å². The Balaban J connectivity index is 0.000000372. The fourth-order valence-corrected chi connectivity index (χ4v) is 5.79. The summed E-state index contributed by atoms with van der Waals surface area (Å²) >= 11 is 6.19. The first kappa shape index (κ1) is 34.9. The number of benzene rings is 3. The van der Waals surface area contributed by atoms with Gasteiger partial charge in [0.1, 0.15) is 0 Å². The first-order valence-electron chi connectivity index (χ1n) is 16.3. The highest BCUT2D eigenvalue weighted by atomic mass is 35.5. The van der Waals surface area contributed by atoms with Crippen molar-refractivity contribution < 1.29 is 0 Å². The molecular weight excluding hydrogens is 560 g/mol. The smallest absolute Gasteiger partial charge is 0.0628 e. The second kappa shape index (κ2) is 17.6. The molecule has 2 heterocycles. The summed E-state index contributed by atoms with van der Waals surface area (Å²) in [5.74, 6) is 0. The number of anilines is 3. The third-order valence-electron chi connectivity index (χ3n) is 8.15. The van der Waals surface area contributed by atoms with Crippen LogP contribution in [0, 0.1) is 6.92 Å². The van der Waals surface area contributed by atoms with E-state index in [2.05, 4.69) is 96.1 Å². The molecule has 0 saturated carbocycles. The average Bonchev–Trinajstić information content (AvgIpc) is 3.46. The second-order valence-corrected chi connectivity index (χ2v) is 11.8. The highest BCUT2D eigenvalue weighted by molar-refractivity contribution is 6.30. The molecule has 3 aromatic carbocycles. The molecule has 5 heteroatoms. The van der Waals surface area contributed by atoms with E-state index in [-0.39, 0.29) is 0 Å². The Bertz CT molecular complexity index is 1390. The Kier molecular flexibility index (Phi) is 14.0. The van der Waals surface area contributed by atoms with E-state index in [0.29, 0.717) is 5.02 Å². The molecule has 0 radical (unpaired) electrons. The van der Waals surface area contributed by atoms with Crippen LogP contribution < -0.4 is 15.1 Å². The predicted molar refractivity (Wildman–Crippen MR) is 197 cm³/mol. The lowest BCUT2D eigenvalue weighted by Crippen LogP contribution is -2.47. The number of unbranched alkanes of at least 4 members (excludes halogenated alkanes) is 1. The van der Waals surface area contributed by atoms with Crippen LogP contribution in [0.1, 0.15) is 70.1 Å². The van der Waals surface area contributed by atoms with Gasteiger partial charge in [0, 0.05) is 61.4 Å². The highest BCUT2D eigenvalue weighted by Crippen LogP contribution is 2.33. The van der Waals surface area contributed by atoms with E-state index < -0.39 is 0 Å². The number of hydrogen-bond donors (Lipinski definition) is 1. The molecule has 0 bridgehead atoms. The third-order valence-corrected chi connectivity index (χ3v) is 8.38. The number of nitrogens with one attached hydrogen (secondary N) is 1. The standard InChI is InChI=1S/C28H30ClN3.C9H17N.C2H6/c1-20(2)23-12-13-28(26(19-23)30-22(4)24-9-7-10-25(29)18-24)32-16-14-31(15-17-32)27-11-6-5-8-21(27)3;1-3-4-7-10-8-5-6-9(10)2;1-2/h5-13,18-19,30H,1,4,14-17H2,2-3H3;2-8H2,1H3;1-2H3. The van der Waals surface area contributed by atoms with Gasteiger partial charge in [0.25, 0.3) is 0 Å². The van der Waals surface area contributed by atoms with Crippen LogP contribution in [0.5, 0.6) is 0 Å². The van der Waals surface area contributed by atoms with Crippen molar-refractivity contribution in [3.05, 3.63) is 114 Å². The molecule has 5 rings (SSSR count). The van der Waals surface area contributed by atoms with E-state index in [9.17, 15) is 0 Å². The monoisotopic (exact) mass is 612 g/mol. The molecule has 236 valence electrons. The van der Waals surface area contributed by atoms with E-state index in [4.69, 9.17) is 11.6 Å². The predicted octanol–water partition coefficient (Wildman–Crippen LogP) is 10.5. The molecule has 2 aliphatic rings. The van der Waals surface area contributed by atoms with Gasteiger partial charge in [-0.1, -0.05) is 101 Å². The van der Waals surface area contributed by atoms with Crippen LogP contribution in [0.2, 0.25) is 5.02 Å². The van der Waals surface area contributed by atoms with E-state index in [1.54, 1.807) is 0 Å². The van der Waals surface area contributed by atoms with Crippen LogP contribution in [0.3, 0.4) is 0 Å². The molecule has 2 fully saturated rings. The zero-order valence-electron chi connectivity index (χ0n) is 27.8. The largest absolute Gasteiger partial charge is 0.375 e. The van der Waals surface area contributed by atoms with Gasteiger partial charge in [-0.15, -0.1) is 0 Å². The molecule has 0 aromatic heterocycles. The van der Waals surface area contributed by atoms with Crippen molar-refractivity contribution in [3.8, 4) is 0 Å². The molecule has 0 unspecified atom stereocenters. The summed E-state index contributed by atoms with van der Waals surface area (Å²) in [6, 6.07) is 22.9. The summed E-state index contributed by atoms with van der Waals surface area (Å²) in [5.41, 5.74) is 10.2. The molecule has 0 amide bonds. The lowest BCUT2D eigenvalue weighted by Gasteiger charge is -2.39. The van der Waals surface area contributed by atoms with Gasteiger partial charge in [-0.3, -0.25) is 0 Å². The minimum Gasteiger partial charge on any atom is -0.375 e. The molecular formula is C39H53ClN4. The van der Waals surface area contributed by atoms with Crippen molar-refractivity contribution in [1.82, 2.24) is 4.90 Å². The molecule has 3 aromatic rings. The highest BCUT2D eigenvalue weighted by Gasteiger charge is 2.21. The summed E-state index contributed by atoms with van der Waals surface area (Å²) in [7, 11) is 0. The van der Waals surface area contributed by atoms with Crippen LogP contribution in [0.15, 0.2) is 92.2 Å². The number of aryl methyl sites for hydroxylation is 1. The van der Waals surface area contributed by atoms with Crippen molar-refractivity contribution in [3.63, 3.8) is 0 Å². The van der Waals surface area contributed by atoms with E-state index >= 15 is 0 Å². The molecule has 4 nitrogen and oxygen atoms in total. The summed E-state index contributed by atoms with van der Waals surface area (Å²) in [6.45, 7) is 29.2. The maximum atomic E-state index is 6.19. The lowest BCUT2D eigenvalue weighted by molar-refractivity contribution is 0.384. The van der Waals surface area contributed by atoms with Crippen molar-refractivity contribution >= 4 is 39.9 Å². The topological polar surface area (TPSA) is 21.8 Å². The number of allylic oxidation sites excluding steroid dienone is 2. The van der Waals surface area contributed by atoms with Crippen LogP contribution in [-0.4, -0.2) is 44.2 Å². The van der Waals surface area contributed by atoms with Gasteiger partial charge < -0.3 is 20.0 Å². The summed E-state index contributed by atoms with van der Waals surface area (Å²) in [4.78, 5) is 7.35. The first-order valence-corrected chi connectivity index (χ1v) is 16.6. The number of likely N-dealkylation sites (tertiary alicyclic amines) is 1. The van der Waals surface area contributed by atoms with E-state index in [1.165, 1.54) is 61.4 Å². The van der Waals surface area contributed by atoms with Crippen molar-refractivity contribution in [2.45, 2.75) is 60.3 Å². The maximum absolute atomic E-state index is 6.19. The van der Waals surface area contributed by atoms with Crippen molar-refractivity contribution in [2.24, 2.45) is 0 Å². The first-order chi connectivity index (χ1) is 21.3. The molecule has 2 saturated heterocycles. The van der Waals surface area contributed by atoms with Crippen LogP contribution >= 0.6 is 11.6 Å². The summed E-state index contributed by atoms with van der Waals surface area (Å²) < 4.78 is 0. The van der Waals surface area contributed by atoms with Crippen LogP contribution in [0.25, 0.3) is 11.3 Å². The molecule has 44 heavy (non-hydrogen) atoms. The Labute approximate surface area is 272 Å². The number of nitrogens with zero attached hydrogens (tertiary/aromatic N) is 3. The van der Waals surface area contributed by atoms with E-state index in [1.807, 2.05) is 45.0 Å². The molecule has 0 spiro atoms. The van der Waals surface area contributed by atoms with Crippen LogP contribution in [-0.2, 0) is 0 Å².